The Kier molecular flexibility index (Phi) is 4.71. The van der Waals surface area contributed by atoms with Gasteiger partial charge in [0.15, 0.2) is 0 Å². The van der Waals surface area contributed by atoms with Gasteiger partial charge >= 0.3 is 6.18 Å². The summed E-state index contributed by atoms with van der Waals surface area (Å²) >= 11 is 3.29. The Balaban J connectivity index is 2.26. The summed E-state index contributed by atoms with van der Waals surface area (Å²) in [6, 6.07) is 10.1. The smallest absolute Gasteiger partial charge is 0.207 e. The third-order valence-corrected chi connectivity index (χ3v) is 4.01. The van der Waals surface area contributed by atoms with Gasteiger partial charge in [-0.05, 0) is 37.1 Å². The molecule has 112 valence electrons. The lowest BCUT2D eigenvalue weighted by atomic mass is 10.0. The van der Waals surface area contributed by atoms with Crippen LogP contribution in [-0.4, -0.2) is 0 Å². The van der Waals surface area contributed by atoms with Gasteiger partial charge in [-0.25, -0.2) is 4.39 Å². The van der Waals surface area contributed by atoms with E-state index in [0.717, 1.165) is 29.3 Å². The van der Waals surface area contributed by atoms with E-state index in [0.29, 0.717) is 6.42 Å². The Morgan fingerprint density at radius 1 is 1.05 bits per heavy atom. The number of benzene rings is 2. The second-order valence-corrected chi connectivity index (χ2v) is 6.00. The highest BCUT2D eigenvalue weighted by molar-refractivity contribution is 9.09. The lowest BCUT2D eigenvalue weighted by Gasteiger charge is -2.14. The molecule has 0 aliphatic heterocycles. The Labute approximate surface area is 128 Å². The van der Waals surface area contributed by atoms with Crippen LogP contribution in [0.15, 0.2) is 42.5 Å². The van der Waals surface area contributed by atoms with Gasteiger partial charge in [-0.1, -0.05) is 45.8 Å². The minimum atomic E-state index is -4.47. The molecular formula is C16H13BrF4. The monoisotopic (exact) mass is 360 g/mol. The Morgan fingerprint density at radius 2 is 1.67 bits per heavy atom. The van der Waals surface area contributed by atoms with Crippen LogP contribution in [0.1, 0.15) is 27.1 Å². The molecule has 2 aromatic rings. The van der Waals surface area contributed by atoms with Crippen LogP contribution in [0.25, 0.3) is 0 Å². The molecule has 0 amide bonds. The zero-order valence-electron chi connectivity index (χ0n) is 11.2. The molecule has 0 heterocycles. The highest BCUT2D eigenvalue weighted by Gasteiger charge is 2.31. The van der Waals surface area contributed by atoms with E-state index in [9.17, 15) is 17.6 Å². The fourth-order valence-corrected chi connectivity index (χ4v) is 2.73. The van der Waals surface area contributed by atoms with Crippen LogP contribution in [0, 0.1) is 12.7 Å². The highest BCUT2D eigenvalue weighted by Crippen LogP contribution is 2.35. The maximum absolute atomic E-state index is 13.8. The first-order chi connectivity index (χ1) is 9.77. The molecular weight excluding hydrogens is 348 g/mol. The number of hydrogen-bond acceptors (Lipinski definition) is 0. The van der Waals surface area contributed by atoms with Crippen molar-refractivity contribution < 1.29 is 17.6 Å². The molecule has 5 heteroatoms. The van der Waals surface area contributed by atoms with Crippen LogP contribution in [-0.2, 0) is 12.6 Å². The molecule has 1 unspecified atom stereocenters. The normalized spacial score (nSPS) is 13.2. The Bertz CT molecular complexity index is 617. The summed E-state index contributed by atoms with van der Waals surface area (Å²) in [5.41, 5.74) is 1.20. The molecule has 2 rings (SSSR count). The van der Waals surface area contributed by atoms with E-state index in [4.69, 9.17) is 0 Å². The summed E-state index contributed by atoms with van der Waals surface area (Å²) in [6.45, 7) is 1.95. The molecule has 0 nitrogen and oxygen atoms in total. The molecule has 0 aromatic heterocycles. The molecule has 0 fully saturated rings. The van der Waals surface area contributed by atoms with Crippen molar-refractivity contribution in [3.63, 3.8) is 0 Å². The van der Waals surface area contributed by atoms with Crippen molar-refractivity contribution in [2.75, 3.05) is 0 Å². The molecule has 1 atom stereocenters. The summed E-state index contributed by atoms with van der Waals surface area (Å²) in [7, 11) is 0. The zero-order valence-corrected chi connectivity index (χ0v) is 12.8. The predicted molar refractivity (Wildman–Crippen MR) is 78.0 cm³/mol. The number of rotatable bonds is 3. The van der Waals surface area contributed by atoms with Crippen LogP contribution in [0.4, 0.5) is 17.6 Å². The lowest BCUT2D eigenvalue weighted by Crippen LogP contribution is -2.08. The average molecular weight is 361 g/mol. The molecule has 0 N–H and O–H groups in total. The van der Waals surface area contributed by atoms with E-state index in [1.807, 2.05) is 31.2 Å². The van der Waals surface area contributed by atoms with E-state index < -0.39 is 22.4 Å². The molecule has 21 heavy (non-hydrogen) atoms. The van der Waals surface area contributed by atoms with Gasteiger partial charge in [0.25, 0.3) is 0 Å². The first-order valence-electron chi connectivity index (χ1n) is 6.33. The molecule has 0 saturated carbocycles. The van der Waals surface area contributed by atoms with Crippen molar-refractivity contribution >= 4 is 15.9 Å². The van der Waals surface area contributed by atoms with Gasteiger partial charge in [-0.2, -0.15) is 13.2 Å². The van der Waals surface area contributed by atoms with Crippen LogP contribution >= 0.6 is 15.9 Å². The molecule has 0 bridgehead atoms. The number of halogens is 5. The van der Waals surface area contributed by atoms with Gasteiger partial charge in [-0.15, -0.1) is 0 Å². The Hall–Kier alpha value is -1.36. The highest BCUT2D eigenvalue weighted by atomic mass is 79.9. The van der Waals surface area contributed by atoms with E-state index in [-0.39, 0.29) is 5.56 Å². The topological polar surface area (TPSA) is 0 Å². The van der Waals surface area contributed by atoms with Crippen LogP contribution in [0.5, 0.6) is 0 Å². The first-order valence-corrected chi connectivity index (χ1v) is 7.25. The third kappa shape index (κ3) is 4.06. The molecule has 0 spiro atoms. The van der Waals surface area contributed by atoms with Crippen molar-refractivity contribution in [3.05, 3.63) is 70.5 Å². The van der Waals surface area contributed by atoms with Crippen molar-refractivity contribution in [1.82, 2.24) is 0 Å². The second-order valence-electron chi connectivity index (χ2n) is 4.89. The minimum absolute atomic E-state index is 0.0189. The summed E-state index contributed by atoms with van der Waals surface area (Å²) in [6.07, 6.45) is -4.06. The number of hydrogen-bond donors (Lipinski definition) is 0. The van der Waals surface area contributed by atoms with Gasteiger partial charge < -0.3 is 0 Å². The standard InChI is InChI=1S/C16H13BrF4/c1-10-2-4-11(5-3-10)8-14(17)13-9-12(16(19,20)21)6-7-15(13)18/h2-7,9,14H,8H2,1H3. The fourth-order valence-electron chi connectivity index (χ4n) is 2.00. The van der Waals surface area contributed by atoms with Crippen LogP contribution in [0.3, 0.4) is 0 Å². The summed E-state index contributed by atoms with van der Waals surface area (Å²) in [4.78, 5) is -0.512. The average Bonchev–Trinajstić information content (AvgIpc) is 2.40. The SMILES string of the molecule is Cc1ccc(CC(Br)c2cc(C(F)(F)F)ccc2F)cc1. The molecule has 0 aliphatic carbocycles. The number of alkyl halides is 4. The molecule has 0 aliphatic rings. The molecule has 0 saturated heterocycles. The van der Waals surface area contributed by atoms with Crippen molar-refractivity contribution in [2.45, 2.75) is 24.3 Å². The van der Waals surface area contributed by atoms with Crippen LogP contribution in [0.2, 0.25) is 0 Å². The van der Waals surface area contributed by atoms with Gasteiger partial charge in [0, 0.05) is 10.4 Å². The van der Waals surface area contributed by atoms with E-state index in [1.165, 1.54) is 0 Å². The van der Waals surface area contributed by atoms with E-state index in [2.05, 4.69) is 15.9 Å². The minimum Gasteiger partial charge on any atom is -0.207 e. The molecule has 2 aromatic carbocycles. The van der Waals surface area contributed by atoms with Gasteiger partial charge in [-0.3, -0.25) is 0 Å². The van der Waals surface area contributed by atoms with Crippen molar-refractivity contribution in [2.24, 2.45) is 0 Å². The Morgan fingerprint density at radius 3 is 2.24 bits per heavy atom. The van der Waals surface area contributed by atoms with Gasteiger partial charge in [0.1, 0.15) is 5.82 Å². The third-order valence-electron chi connectivity index (χ3n) is 3.20. The maximum Gasteiger partial charge on any atom is 0.416 e. The summed E-state index contributed by atoms with van der Waals surface area (Å²) in [5.74, 6) is -0.642. The summed E-state index contributed by atoms with van der Waals surface area (Å²) < 4.78 is 51.9. The van der Waals surface area contributed by atoms with E-state index >= 15 is 0 Å². The van der Waals surface area contributed by atoms with Gasteiger partial charge in [0.2, 0.25) is 0 Å². The molecule has 0 radical (unpaired) electrons. The fraction of sp³-hybridized carbons (Fsp3) is 0.250. The first kappa shape index (κ1) is 16.0. The second kappa shape index (κ2) is 6.18. The largest absolute Gasteiger partial charge is 0.416 e. The predicted octanol–water partition coefficient (Wildman–Crippen LogP) is 5.83. The number of aryl methyl sites for hydroxylation is 1. The van der Waals surface area contributed by atoms with Crippen molar-refractivity contribution in [3.8, 4) is 0 Å². The quantitative estimate of drug-likeness (QED) is 0.477. The van der Waals surface area contributed by atoms with Crippen LogP contribution < -0.4 is 0 Å². The lowest BCUT2D eigenvalue weighted by molar-refractivity contribution is -0.137. The van der Waals surface area contributed by atoms with Gasteiger partial charge in [0.05, 0.1) is 5.56 Å². The van der Waals surface area contributed by atoms with Crippen molar-refractivity contribution in [1.29, 1.82) is 0 Å². The van der Waals surface area contributed by atoms with E-state index in [1.54, 1.807) is 0 Å². The summed E-state index contributed by atoms with van der Waals surface area (Å²) in [5, 5.41) is 0. The maximum atomic E-state index is 13.8. The zero-order chi connectivity index (χ0) is 15.6.